The van der Waals surface area contributed by atoms with Crippen LogP contribution in [0.1, 0.15) is 42.5 Å². The highest BCUT2D eigenvalue weighted by atomic mass is 19.4. The molecule has 124 valence electrons. The first kappa shape index (κ1) is 17.2. The van der Waals surface area contributed by atoms with Crippen LogP contribution in [0.5, 0.6) is 0 Å². The highest BCUT2D eigenvalue weighted by Gasteiger charge is 2.51. The van der Waals surface area contributed by atoms with Crippen molar-refractivity contribution in [1.29, 1.82) is 0 Å². The number of benzene rings is 1. The van der Waals surface area contributed by atoms with Crippen molar-refractivity contribution in [3.63, 3.8) is 0 Å². The molecule has 1 heterocycles. The molecule has 2 aromatic rings. The van der Waals surface area contributed by atoms with E-state index in [1.54, 1.807) is 6.92 Å². The van der Waals surface area contributed by atoms with Gasteiger partial charge in [-0.15, -0.1) is 0 Å². The number of alkyl halides is 3. The van der Waals surface area contributed by atoms with E-state index in [0.717, 1.165) is 18.4 Å². The SMILES string of the molecule is CC(=O)c1cc(C)cc2c(=O)n(C)c(C(C)(C)C(F)(F)F)nc12. The van der Waals surface area contributed by atoms with Crippen LogP contribution in [0.15, 0.2) is 16.9 Å². The van der Waals surface area contributed by atoms with E-state index >= 15 is 0 Å². The molecule has 0 bridgehead atoms. The molecule has 0 N–H and O–H groups in total. The Morgan fingerprint density at radius 3 is 2.26 bits per heavy atom. The summed E-state index contributed by atoms with van der Waals surface area (Å²) in [6.07, 6.45) is -4.58. The van der Waals surface area contributed by atoms with E-state index in [-0.39, 0.29) is 22.2 Å². The van der Waals surface area contributed by atoms with Crippen molar-refractivity contribution in [2.75, 3.05) is 0 Å². The maximum absolute atomic E-state index is 13.3. The molecule has 4 nitrogen and oxygen atoms in total. The molecule has 0 aliphatic carbocycles. The van der Waals surface area contributed by atoms with Gasteiger partial charge in [0.25, 0.3) is 5.56 Å². The fraction of sp³-hybridized carbons (Fsp3) is 0.438. The second-order valence-electron chi connectivity index (χ2n) is 6.19. The molecule has 0 aliphatic heterocycles. The summed E-state index contributed by atoms with van der Waals surface area (Å²) in [6.45, 7) is 4.92. The predicted molar refractivity (Wildman–Crippen MR) is 80.8 cm³/mol. The number of ketones is 1. The van der Waals surface area contributed by atoms with E-state index in [0.29, 0.717) is 5.56 Å². The summed E-state index contributed by atoms with van der Waals surface area (Å²) >= 11 is 0. The first-order chi connectivity index (χ1) is 10.4. The smallest absolute Gasteiger partial charge is 0.299 e. The molecule has 1 aromatic heterocycles. The lowest BCUT2D eigenvalue weighted by atomic mass is 9.90. The van der Waals surface area contributed by atoms with Gasteiger partial charge in [-0.05, 0) is 45.4 Å². The number of aryl methyl sites for hydroxylation is 1. The zero-order valence-electron chi connectivity index (χ0n) is 13.5. The minimum Gasteiger partial charge on any atom is -0.299 e. The lowest BCUT2D eigenvalue weighted by Crippen LogP contribution is -2.42. The van der Waals surface area contributed by atoms with Crippen LogP contribution in [0.2, 0.25) is 0 Å². The quantitative estimate of drug-likeness (QED) is 0.796. The van der Waals surface area contributed by atoms with Crippen LogP contribution in [0.4, 0.5) is 13.2 Å². The van der Waals surface area contributed by atoms with E-state index < -0.39 is 23.0 Å². The highest BCUT2D eigenvalue weighted by molar-refractivity contribution is 6.05. The third-order valence-corrected chi connectivity index (χ3v) is 3.97. The molecule has 0 amide bonds. The summed E-state index contributed by atoms with van der Waals surface area (Å²) in [5, 5.41) is 0.138. The molecule has 7 heteroatoms. The van der Waals surface area contributed by atoms with Crippen LogP contribution in [0, 0.1) is 6.92 Å². The summed E-state index contributed by atoms with van der Waals surface area (Å²) in [6, 6.07) is 3.06. The first-order valence-electron chi connectivity index (χ1n) is 6.97. The van der Waals surface area contributed by atoms with E-state index in [2.05, 4.69) is 4.98 Å². The molecular formula is C16H17F3N2O2. The number of rotatable bonds is 2. The molecule has 0 unspecified atom stereocenters. The molecule has 0 atom stereocenters. The number of carbonyl (C=O) groups excluding carboxylic acids is 1. The maximum Gasteiger partial charge on any atom is 0.400 e. The molecule has 1 aromatic carbocycles. The van der Waals surface area contributed by atoms with Gasteiger partial charge in [0.2, 0.25) is 0 Å². The van der Waals surface area contributed by atoms with E-state index in [1.165, 1.54) is 26.1 Å². The van der Waals surface area contributed by atoms with E-state index in [4.69, 9.17) is 0 Å². The van der Waals surface area contributed by atoms with Crippen LogP contribution >= 0.6 is 0 Å². The first-order valence-corrected chi connectivity index (χ1v) is 6.97. The number of hydrogen-bond donors (Lipinski definition) is 0. The predicted octanol–water partition coefficient (Wildman–Crippen LogP) is 3.28. The van der Waals surface area contributed by atoms with Gasteiger partial charge in [0.1, 0.15) is 11.2 Å². The normalized spacial score (nSPS) is 12.7. The van der Waals surface area contributed by atoms with Crippen molar-refractivity contribution in [2.24, 2.45) is 7.05 Å². The largest absolute Gasteiger partial charge is 0.400 e. The number of Topliss-reactive ketones (excluding diaryl/α,β-unsaturated/α-hetero) is 1. The summed E-state index contributed by atoms with van der Waals surface area (Å²) < 4.78 is 40.9. The van der Waals surface area contributed by atoms with Gasteiger partial charge in [-0.25, -0.2) is 4.98 Å². The monoisotopic (exact) mass is 326 g/mol. The Hall–Kier alpha value is -2.18. The van der Waals surface area contributed by atoms with Crippen molar-refractivity contribution in [3.8, 4) is 0 Å². The van der Waals surface area contributed by atoms with Crippen molar-refractivity contribution < 1.29 is 18.0 Å². The summed E-state index contributed by atoms with van der Waals surface area (Å²) in [4.78, 5) is 28.3. The van der Waals surface area contributed by atoms with Crippen LogP contribution in [0.25, 0.3) is 10.9 Å². The summed E-state index contributed by atoms with van der Waals surface area (Å²) in [7, 11) is 1.26. The number of nitrogens with zero attached hydrogens (tertiary/aromatic N) is 2. The maximum atomic E-state index is 13.3. The number of hydrogen-bond acceptors (Lipinski definition) is 3. The number of halogens is 3. The average Bonchev–Trinajstić information content (AvgIpc) is 2.40. The fourth-order valence-corrected chi connectivity index (χ4v) is 2.47. The minimum atomic E-state index is -4.58. The zero-order chi connectivity index (χ0) is 17.7. The molecule has 0 saturated heterocycles. The Morgan fingerprint density at radius 2 is 1.78 bits per heavy atom. The van der Waals surface area contributed by atoms with Crippen LogP contribution < -0.4 is 5.56 Å². The lowest BCUT2D eigenvalue weighted by Gasteiger charge is -2.29. The van der Waals surface area contributed by atoms with Crippen LogP contribution in [0.3, 0.4) is 0 Å². The van der Waals surface area contributed by atoms with Gasteiger partial charge >= 0.3 is 6.18 Å². The lowest BCUT2D eigenvalue weighted by molar-refractivity contribution is -0.183. The van der Waals surface area contributed by atoms with Crippen LogP contribution in [-0.2, 0) is 12.5 Å². The van der Waals surface area contributed by atoms with E-state index in [1.807, 2.05) is 0 Å². The second-order valence-corrected chi connectivity index (χ2v) is 6.19. The van der Waals surface area contributed by atoms with Gasteiger partial charge in [0.15, 0.2) is 5.78 Å². The van der Waals surface area contributed by atoms with Crippen LogP contribution in [-0.4, -0.2) is 21.5 Å². The summed E-state index contributed by atoms with van der Waals surface area (Å²) in [5.74, 6) is -0.774. The van der Waals surface area contributed by atoms with Crippen molar-refractivity contribution in [1.82, 2.24) is 9.55 Å². The van der Waals surface area contributed by atoms with Crippen molar-refractivity contribution in [3.05, 3.63) is 39.4 Å². The third kappa shape index (κ3) is 2.64. The molecule has 23 heavy (non-hydrogen) atoms. The zero-order valence-corrected chi connectivity index (χ0v) is 13.5. The van der Waals surface area contributed by atoms with Gasteiger partial charge < -0.3 is 0 Å². The Morgan fingerprint density at radius 1 is 1.22 bits per heavy atom. The third-order valence-electron chi connectivity index (χ3n) is 3.97. The Labute approximate surface area is 131 Å². The Kier molecular flexibility index (Phi) is 3.87. The Bertz CT molecular complexity index is 864. The van der Waals surface area contributed by atoms with Gasteiger partial charge in [-0.1, -0.05) is 0 Å². The molecular weight excluding hydrogens is 309 g/mol. The van der Waals surface area contributed by atoms with Gasteiger partial charge in [0.05, 0.1) is 10.9 Å². The van der Waals surface area contributed by atoms with E-state index in [9.17, 15) is 22.8 Å². The number of carbonyl (C=O) groups is 1. The highest BCUT2D eigenvalue weighted by Crippen LogP contribution is 2.39. The molecule has 0 fully saturated rings. The molecule has 0 spiro atoms. The number of aromatic nitrogens is 2. The topological polar surface area (TPSA) is 52.0 Å². The van der Waals surface area contributed by atoms with Gasteiger partial charge in [-0.3, -0.25) is 14.2 Å². The fourth-order valence-electron chi connectivity index (χ4n) is 2.47. The molecule has 0 radical (unpaired) electrons. The average molecular weight is 326 g/mol. The number of fused-ring (bicyclic) bond motifs is 1. The van der Waals surface area contributed by atoms with Gasteiger partial charge in [0, 0.05) is 12.6 Å². The Balaban J connectivity index is 2.99. The standard InChI is InChI=1S/C16H17F3N2O2/c1-8-6-10(9(2)22)12-11(7-8)13(23)21(5)14(20-12)15(3,4)16(17,18)19/h6-7H,1-5H3. The van der Waals surface area contributed by atoms with Crippen molar-refractivity contribution in [2.45, 2.75) is 39.3 Å². The molecule has 0 aliphatic rings. The van der Waals surface area contributed by atoms with Crippen molar-refractivity contribution >= 4 is 16.7 Å². The minimum absolute atomic E-state index is 0.0125. The molecule has 2 rings (SSSR count). The van der Waals surface area contributed by atoms with Gasteiger partial charge in [-0.2, -0.15) is 13.2 Å². The summed E-state index contributed by atoms with van der Waals surface area (Å²) in [5.41, 5.74) is -2.10. The molecule has 0 saturated carbocycles. The second kappa shape index (κ2) is 5.18.